The molecule has 10 heavy (non-hydrogen) atoms. The number of halogens is 1. The quantitative estimate of drug-likeness (QED) is 0.389. The van der Waals surface area contributed by atoms with E-state index in [-0.39, 0.29) is 5.56 Å². The molecule has 0 bridgehead atoms. The molecule has 0 aliphatic heterocycles. The minimum atomic E-state index is -0.419. The summed E-state index contributed by atoms with van der Waals surface area (Å²) in [6.07, 6.45) is 0.516. The van der Waals surface area contributed by atoms with E-state index in [9.17, 15) is 9.18 Å². The molecule has 0 atom stereocenters. The molecule has 0 amide bonds. The van der Waals surface area contributed by atoms with E-state index in [0.29, 0.717) is 11.7 Å². The van der Waals surface area contributed by atoms with Crippen molar-refractivity contribution in [3.8, 4) is 0 Å². The van der Waals surface area contributed by atoms with Gasteiger partial charge in [0.2, 0.25) is 0 Å². The Morgan fingerprint density at radius 3 is 2.70 bits per heavy atom. The van der Waals surface area contributed by atoms with Crippen LogP contribution >= 0.6 is 0 Å². The van der Waals surface area contributed by atoms with Crippen molar-refractivity contribution in [3.63, 3.8) is 0 Å². The van der Waals surface area contributed by atoms with Gasteiger partial charge < -0.3 is 0 Å². The molecule has 0 aliphatic rings. The van der Waals surface area contributed by atoms with E-state index in [1.165, 1.54) is 6.07 Å². The first kappa shape index (κ1) is 7.00. The van der Waals surface area contributed by atoms with Crippen LogP contribution in [0.15, 0.2) is 18.2 Å². The highest BCUT2D eigenvalue weighted by Crippen LogP contribution is 1.98. The molecular weight excluding hydrogens is 130 g/mol. The first-order chi connectivity index (χ1) is 4.75. The molecule has 0 N–H and O–H groups in total. The lowest BCUT2D eigenvalue weighted by Crippen LogP contribution is -2.10. The van der Waals surface area contributed by atoms with E-state index in [2.05, 4.69) is 0 Å². The SMILES string of the molecule is Bc1cccc(C=O)c1F. The summed E-state index contributed by atoms with van der Waals surface area (Å²) in [4.78, 5) is 10.1. The molecule has 0 saturated carbocycles. The molecule has 1 nitrogen and oxygen atoms in total. The Kier molecular flexibility index (Phi) is 1.85. The maximum absolute atomic E-state index is 12.8. The molecule has 3 heteroatoms. The second-order valence-corrected chi connectivity index (χ2v) is 2.10. The van der Waals surface area contributed by atoms with Crippen LogP contribution in [0.2, 0.25) is 0 Å². The fraction of sp³-hybridized carbons (Fsp3) is 0. The molecule has 1 aromatic rings. The molecule has 50 valence electrons. The number of benzene rings is 1. The summed E-state index contributed by atoms with van der Waals surface area (Å²) >= 11 is 0. The first-order valence-corrected chi connectivity index (χ1v) is 2.96. The molecule has 0 spiro atoms. The summed E-state index contributed by atoms with van der Waals surface area (Å²) in [6.45, 7) is 0. The van der Waals surface area contributed by atoms with Gasteiger partial charge in [-0.3, -0.25) is 4.79 Å². The maximum Gasteiger partial charge on any atom is 0.152 e. The fourth-order valence-electron chi connectivity index (χ4n) is 0.761. The van der Waals surface area contributed by atoms with Gasteiger partial charge in [-0.05, 0) is 6.07 Å². The summed E-state index contributed by atoms with van der Waals surface area (Å²) < 4.78 is 12.8. The molecule has 1 aromatic carbocycles. The average molecular weight is 136 g/mol. The third-order valence-electron chi connectivity index (χ3n) is 1.35. The van der Waals surface area contributed by atoms with Gasteiger partial charge in [-0.1, -0.05) is 17.6 Å². The van der Waals surface area contributed by atoms with E-state index in [4.69, 9.17) is 0 Å². The van der Waals surface area contributed by atoms with Crippen molar-refractivity contribution in [1.82, 2.24) is 0 Å². The Morgan fingerprint density at radius 1 is 1.50 bits per heavy atom. The van der Waals surface area contributed by atoms with E-state index >= 15 is 0 Å². The van der Waals surface area contributed by atoms with Crippen LogP contribution < -0.4 is 5.46 Å². The smallest absolute Gasteiger partial charge is 0.152 e. The van der Waals surface area contributed by atoms with Gasteiger partial charge in [0.15, 0.2) is 6.29 Å². The largest absolute Gasteiger partial charge is 0.298 e. The lowest BCUT2D eigenvalue weighted by molar-refractivity contribution is 0.112. The molecule has 0 saturated heterocycles. The van der Waals surface area contributed by atoms with Crippen LogP contribution in [0.3, 0.4) is 0 Å². The molecule has 0 aromatic heterocycles. The Bertz CT molecular complexity index is 260. The molecule has 0 heterocycles. The zero-order valence-electron chi connectivity index (χ0n) is 5.60. The number of hydrogen-bond donors (Lipinski definition) is 0. The maximum atomic E-state index is 12.8. The van der Waals surface area contributed by atoms with Gasteiger partial charge in [-0.2, -0.15) is 0 Å². The second kappa shape index (κ2) is 2.65. The second-order valence-electron chi connectivity index (χ2n) is 2.10. The third-order valence-corrected chi connectivity index (χ3v) is 1.35. The lowest BCUT2D eigenvalue weighted by atomic mass is 9.94. The highest BCUT2D eigenvalue weighted by Gasteiger charge is 2.00. The summed E-state index contributed by atoms with van der Waals surface area (Å²) in [5.41, 5.74) is 0.629. The van der Waals surface area contributed by atoms with Gasteiger partial charge >= 0.3 is 0 Å². The van der Waals surface area contributed by atoms with Gasteiger partial charge in [0, 0.05) is 5.56 Å². The van der Waals surface area contributed by atoms with Crippen LogP contribution in [-0.2, 0) is 0 Å². The van der Waals surface area contributed by atoms with Crippen molar-refractivity contribution in [1.29, 1.82) is 0 Å². The average Bonchev–Trinajstić information content (AvgIpc) is 1.95. The summed E-state index contributed by atoms with van der Waals surface area (Å²) in [5, 5.41) is 0. The van der Waals surface area contributed by atoms with Gasteiger partial charge in [0.05, 0.1) is 0 Å². The van der Waals surface area contributed by atoms with Gasteiger partial charge in [-0.25, -0.2) is 4.39 Å². The van der Waals surface area contributed by atoms with Crippen molar-refractivity contribution in [2.75, 3.05) is 0 Å². The van der Waals surface area contributed by atoms with Crippen molar-refractivity contribution in [3.05, 3.63) is 29.6 Å². The third kappa shape index (κ3) is 1.08. The van der Waals surface area contributed by atoms with Crippen LogP contribution in [0.4, 0.5) is 4.39 Å². The summed E-state index contributed by atoms with van der Waals surface area (Å²) in [5.74, 6) is -0.419. The van der Waals surface area contributed by atoms with Crippen LogP contribution in [0.5, 0.6) is 0 Å². The Balaban J connectivity index is 3.27. The molecule has 0 radical (unpaired) electrons. The minimum absolute atomic E-state index is 0.125. The fourth-order valence-corrected chi connectivity index (χ4v) is 0.761. The number of hydrogen-bond acceptors (Lipinski definition) is 1. The van der Waals surface area contributed by atoms with Crippen LogP contribution in [0.1, 0.15) is 10.4 Å². The highest BCUT2D eigenvalue weighted by molar-refractivity contribution is 6.32. The lowest BCUT2D eigenvalue weighted by Gasteiger charge is -1.96. The van der Waals surface area contributed by atoms with E-state index in [1.54, 1.807) is 20.0 Å². The number of aldehydes is 1. The molecule has 0 aliphatic carbocycles. The number of carbonyl (C=O) groups excluding carboxylic acids is 1. The Hall–Kier alpha value is -1.12. The predicted octanol–water partition coefficient (Wildman–Crippen LogP) is -0.103. The highest BCUT2D eigenvalue weighted by atomic mass is 19.1. The van der Waals surface area contributed by atoms with Crippen LogP contribution in [-0.4, -0.2) is 14.1 Å². The summed E-state index contributed by atoms with van der Waals surface area (Å²) in [6, 6.07) is 4.74. The van der Waals surface area contributed by atoms with Gasteiger partial charge in [-0.15, -0.1) is 0 Å². The van der Waals surface area contributed by atoms with Crippen molar-refractivity contribution < 1.29 is 9.18 Å². The normalized spacial score (nSPS) is 9.30. The molecular formula is C7H6BFO. The van der Waals surface area contributed by atoms with E-state index in [1.807, 2.05) is 0 Å². The standard InChI is InChI=1S/C7H6BFO/c8-6-3-1-2-5(4-10)7(6)9/h1-4H,8H2. The topological polar surface area (TPSA) is 17.1 Å². The van der Waals surface area contributed by atoms with E-state index < -0.39 is 5.82 Å². The Labute approximate surface area is 59.3 Å². The summed E-state index contributed by atoms with van der Waals surface area (Å²) in [7, 11) is 1.63. The van der Waals surface area contributed by atoms with Crippen LogP contribution in [0, 0.1) is 5.82 Å². The van der Waals surface area contributed by atoms with Crippen molar-refractivity contribution >= 4 is 19.6 Å². The predicted molar refractivity (Wildman–Crippen MR) is 40.0 cm³/mol. The number of rotatable bonds is 1. The minimum Gasteiger partial charge on any atom is -0.298 e. The van der Waals surface area contributed by atoms with Crippen LogP contribution in [0.25, 0.3) is 0 Å². The molecule has 1 rings (SSSR count). The van der Waals surface area contributed by atoms with E-state index in [0.717, 1.165) is 0 Å². The monoisotopic (exact) mass is 136 g/mol. The molecule has 0 unspecified atom stereocenters. The van der Waals surface area contributed by atoms with Gasteiger partial charge in [0.25, 0.3) is 0 Å². The zero-order chi connectivity index (χ0) is 7.56. The number of carbonyl (C=O) groups is 1. The first-order valence-electron chi connectivity index (χ1n) is 2.96. The Morgan fingerprint density at radius 2 is 2.20 bits per heavy atom. The zero-order valence-corrected chi connectivity index (χ0v) is 5.60. The molecule has 0 fully saturated rings. The van der Waals surface area contributed by atoms with Crippen molar-refractivity contribution in [2.45, 2.75) is 0 Å². The van der Waals surface area contributed by atoms with Crippen molar-refractivity contribution in [2.24, 2.45) is 0 Å². The van der Waals surface area contributed by atoms with Gasteiger partial charge in [0.1, 0.15) is 13.7 Å².